The van der Waals surface area contributed by atoms with E-state index >= 15 is 0 Å². The third-order valence-corrected chi connectivity index (χ3v) is 2.49. The highest BCUT2D eigenvalue weighted by Crippen LogP contribution is 2.12. The van der Waals surface area contributed by atoms with E-state index in [1.807, 2.05) is 13.0 Å². The SMILES string of the molecule is Cc1cc(NC2CCC(=O)NC2)nc(N)n1. The molecule has 1 aromatic heterocycles. The van der Waals surface area contributed by atoms with Crippen LogP contribution in [0.3, 0.4) is 0 Å². The zero-order valence-electron chi connectivity index (χ0n) is 9.16. The summed E-state index contributed by atoms with van der Waals surface area (Å²) in [5.74, 6) is 1.09. The van der Waals surface area contributed by atoms with Crippen LogP contribution in [0.15, 0.2) is 6.07 Å². The van der Waals surface area contributed by atoms with E-state index < -0.39 is 0 Å². The molecule has 1 unspecified atom stereocenters. The largest absolute Gasteiger partial charge is 0.368 e. The molecule has 0 saturated carbocycles. The van der Waals surface area contributed by atoms with Gasteiger partial charge < -0.3 is 16.4 Å². The summed E-state index contributed by atoms with van der Waals surface area (Å²) in [6, 6.07) is 2.05. The van der Waals surface area contributed by atoms with E-state index in [-0.39, 0.29) is 17.9 Å². The molecule has 6 heteroatoms. The first-order valence-corrected chi connectivity index (χ1v) is 5.28. The molecule has 1 aliphatic heterocycles. The van der Waals surface area contributed by atoms with Crippen LogP contribution in [0.4, 0.5) is 11.8 Å². The minimum Gasteiger partial charge on any atom is -0.368 e. The summed E-state index contributed by atoms with van der Waals surface area (Å²) in [5, 5.41) is 6.04. The first-order valence-electron chi connectivity index (χ1n) is 5.28. The van der Waals surface area contributed by atoms with Crippen molar-refractivity contribution in [2.45, 2.75) is 25.8 Å². The van der Waals surface area contributed by atoms with Gasteiger partial charge in [0.25, 0.3) is 0 Å². The monoisotopic (exact) mass is 221 g/mol. The Morgan fingerprint density at radius 2 is 2.38 bits per heavy atom. The molecule has 1 saturated heterocycles. The van der Waals surface area contributed by atoms with Crippen molar-refractivity contribution in [2.24, 2.45) is 0 Å². The van der Waals surface area contributed by atoms with Crippen molar-refractivity contribution in [2.75, 3.05) is 17.6 Å². The molecule has 1 aliphatic rings. The Labute approximate surface area is 93.7 Å². The van der Waals surface area contributed by atoms with E-state index in [4.69, 9.17) is 5.73 Å². The normalized spacial score (nSPS) is 20.3. The predicted molar refractivity (Wildman–Crippen MR) is 60.8 cm³/mol. The summed E-state index contributed by atoms with van der Waals surface area (Å²) in [4.78, 5) is 19.1. The predicted octanol–water partition coefficient (Wildman–Crippen LogP) is 0.0577. The van der Waals surface area contributed by atoms with Gasteiger partial charge in [-0.2, -0.15) is 4.98 Å². The first-order chi connectivity index (χ1) is 7.63. The van der Waals surface area contributed by atoms with Crippen molar-refractivity contribution in [3.8, 4) is 0 Å². The number of hydrogen-bond donors (Lipinski definition) is 3. The van der Waals surface area contributed by atoms with E-state index in [2.05, 4.69) is 20.6 Å². The van der Waals surface area contributed by atoms with E-state index in [9.17, 15) is 4.79 Å². The number of aryl methyl sites for hydroxylation is 1. The number of nitrogens with two attached hydrogens (primary N) is 1. The van der Waals surface area contributed by atoms with Crippen LogP contribution >= 0.6 is 0 Å². The fourth-order valence-electron chi connectivity index (χ4n) is 1.73. The Hall–Kier alpha value is -1.85. The lowest BCUT2D eigenvalue weighted by Gasteiger charge is -2.23. The Bertz CT molecular complexity index is 376. The Morgan fingerprint density at radius 1 is 1.56 bits per heavy atom. The molecule has 1 atom stereocenters. The molecule has 0 bridgehead atoms. The molecule has 4 N–H and O–H groups in total. The summed E-state index contributed by atoms with van der Waals surface area (Å²) in [6.07, 6.45) is 1.37. The second-order valence-corrected chi connectivity index (χ2v) is 3.94. The summed E-state index contributed by atoms with van der Waals surface area (Å²) in [7, 11) is 0. The topological polar surface area (TPSA) is 92.9 Å². The number of nitrogens with one attached hydrogen (secondary N) is 2. The molecular weight excluding hydrogens is 206 g/mol. The number of hydrogen-bond acceptors (Lipinski definition) is 5. The third-order valence-electron chi connectivity index (χ3n) is 2.49. The number of nitrogens with zero attached hydrogens (tertiary/aromatic N) is 2. The van der Waals surface area contributed by atoms with Crippen molar-refractivity contribution >= 4 is 17.7 Å². The molecule has 0 aromatic carbocycles. The number of carbonyl (C=O) groups excluding carboxylic acids is 1. The average Bonchev–Trinajstić information content (AvgIpc) is 2.20. The van der Waals surface area contributed by atoms with Crippen molar-refractivity contribution in [1.29, 1.82) is 0 Å². The second kappa shape index (κ2) is 4.34. The molecule has 2 heterocycles. The van der Waals surface area contributed by atoms with Gasteiger partial charge in [0, 0.05) is 30.8 Å². The quantitative estimate of drug-likeness (QED) is 0.656. The summed E-state index contributed by atoms with van der Waals surface area (Å²) in [5.41, 5.74) is 6.38. The average molecular weight is 221 g/mol. The molecule has 1 amide bonds. The number of carbonyl (C=O) groups is 1. The Kier molecular flexibility index (Phi) is 2.89. The van der Waals surface area contributed by atoms with Gasteiger partial charge in [0.1, 0.15) is 5.82 Å². The fraction of sp³-hybridized carbons (Fsp3) is 0.500. The highest BCUT2D eigenvalue weighted by molar-refractivity contribution is 5.76. The summed E-state index contributed by atoms with van der Waals surface area (Å²) < 4.78 is 0. The van der Waals surface area contributed by atoms with Crippen molar-refractivity contribution in [1.82, 2.24) is 15.3 Å². The van der Waals surface area contributed by atoms with Crippen LogP contribution < -0.4 is 16.4 Å². The van der Waals surface area contributed by atoms with Gasteiger partial charge in [0.15, 0.2) is 0 Å². The van der Waals surface area contributed by atoms with Gasteiger partial charge >= 0.3 is 0 Å². The molecule has 0 aliphatic carbocycles. The number of piperidine rings is 1. The molecule has 86 valence electrons. The highest BCUT2D eigenvalue weighted by Gasteiger charge is 2.18. The van der Waals surface area contributed by atoms with Gasteiger partial charge in [-0.25, -0.2) is 4.98 Å². The second-order valence-electron chi connectivity index (χ2n) is 3.94. The minimum atomic E-state index is 0.108. The third kappa shape index (κ3) is 2.59. The van der Waals surface area contributed by atoms with E-state index in [1.165, 1.54) is 0 Å². The van der Waals surface area contributed by atoms with Gasteiger partial charge in [-0.3, -0.25) is 4.79 Å². The van der Waals surface area contributed by atoms with Crippen LogP contribution in [0, 0.1) is 6.92 Å². The van der Waals surface area contributed by atoms with Crippen LogP contribution in [-0.2, 0) is 4.79 Å². The molecule has 0 spiro atoms. The lowest BCUT2D eigenvalue weighted by molar-refractivity contribution is -0.122. The number of rotatable bonds is 2. The minimum absolute atomic E-state index is 0.108. The molecule has 0 radical (unpaired) electrons. The van der Waals surface area contributed by atoms with Gasteiger partial charge in [0.2, 0.25) is 11.9 Å². The maximum Gasteiger partial charge on any atom is 0.222 e. The van der Waals surface area contributed by atoms with E-state index in [1.54, 1.807) is 0 Å². The lowest BCUT2D eigenvalue weighted by Crippen LogP contribution is -2.42. The Morgan fingerprint density at radius 3 is 3.00 bits per heavy atom. The smallest absolute Gasteiger partial charge is 0.222 e. The van der Waals surface area contributed by atoms with Crippen LogP contribution in [0.1, 0.15) is 18.5 Å². The van der Waals surface area contributed by atoms with Crippen LogP contribution in [0.2, 0.25) is 0 Å². The highest BCUT2D eigenvalue weighted by atomic mass is 16.1. The Balaban J connectivity index is 2.00. The van der Waals surface area contributed by atoms with E-state index in [0.29, 0.717) is 18.8 Å². The molecule has 6 nitrogen and oxygen atoms in total. The number of nitrogen functional groups attached to an aromatic ring is 1. The van der Waals surface area contributed by atoms with E-state index in [0.717, 1.165) is 12.1 Å². The number of aromatic nitrogens is 2. The number of amides is 1. The fourth-order valence-corrected chi connectivity index (χ4v) is 1.73. The molecule has 16 heavy (non-hydrogen) atoms. The van der Waals surface area contributed by atoms with Gasteiger partial charge in [-0.05, 0) is 13.3 Å². The van der Waals surface area contributed by atoms with Crippen molar-refractivity contribution in [3.05, 3.63) is 11.8 Å². The van der Waals surface area contributed by atoms with Gasteiger partial charge in [0.05, 0.1) is 0 Å². The zero-order chi connectivity index (χ0) is 11.5. The van der Waals surface area contributed by atoms with Gasteiger partial charge in [-0.1, -0.05) is 0 Å². The first kappa shape index (κ1) is 10.7. The maximum absolute atomic E-state index is 11.0. The van der Waals surface area contributed by atoms with Crippen molar-refractivity contribution < 1.29 is 4.79 Å². The molecule has 2 rings (SSSR count). The van der Waals surface area contributed by atoms with Crippen LogP contribution in [0.25, 0.3) is 0 Å². The number of anilines is 2. The molecule has 1 fully saturated rings. The van der Waals surface area contributed by atoms with Crippen LogP contribution in [-0.4, -0.2) is 28.5 Å². The van der Waals surface area contributed by atoms with Crippen LogP contribution in [0.5, 0.6) is 0 Å². The lowest BCUT2D eigenvalue weighted by atomic mass is 10.1. The standard InChI is InChI=1S/C10H15N5O/c1-6-4-8(15-10(11)13-6)14-7-2-3-9(16)12-5-7/h4,7H,2-3,5H2,1H3,(H,12,16)(H3,11,13,14,15). The maximum atomic E-state index is 11.0. The summed E-state index contributed by atoms with van der Waals surface area (Å²) >= 11 is 0. The van der Waals surface area contributed by atoms with Crippen molar-refractivity contribution in [3.63, 3.8) is 0 Å². The van der Waals surface area contributed by atoms with Gasteiger partial charge in [-0.15, -0.1) is 0 Å². The zero-order valence-corrected chi connectivity index (χ0v) is 9.16. The molecule has 1 aromatic rings. The molecular formula is C10H15N5O. The summed E-state index contributed by atoms with van der Waals surface area (Å²) in [6.45, 7) is 2.49.